The number of carbonyl (C=O) groups is 1. The zero-order valence-corrected chi connectivity index (χ0v) is 14.6. The first-order chi connectivity index (χ1) is 11.1. The number of rotatable bonds is 3. The SMILES string of the molecule is COC(=O)c1cc(Cc2ccccc2Br)c(=O)n2c1CCCC2. The molecule has 0 amide bonds. The maximum atomic E-state index is 12.8. The van der Waals surface area contributed by atoms with Gasteiger partial charge in [-0.2, -0.15) is 0 Å². The van der Waals surface area contributed by atoms with Gasteiger partial charge in [-0.1, -0.05) is 34.1 Å². The summed E-state index contributed by atoms with van der Waals surface area (Å²) >= 11 is 3.51. The molecule has 0 aliphatic carbocycles. The second-order valence-corrected chi connectivity index (χ2v) is 6.56. The molecule has 1 aromatic carbocycles. The molecule has 0 bridgehead atoms. The Kier molecular flexibility index (Phi) is 4.66. The van der Waals surface area contributed by atoms with E-state index in [1.807, 2.05) is 24.3 Å². The van der Waals surface area contributed by atoms with Crippen LogP contribution in [0.3, 0.4) is 0 Å². The molecule has 0 atom stereocenters. The van der Waals surface area contributed by atoms with E-state index >= 15 is 0 Å². The highest BCUT2D eigenvalue weighted by atomic mass is 79.9. The number of nitrogens with zero attached hydrogens (tertiary/aromatic N) is 1. The van der Waals surface area contributed by atoms with Crippen LogP contribution in [0.5, 0.6) is 0 Å². The molecule has 0 unspecified atom stereocenters. The number of hydrogen-bond acceptors (Lipinski definition) is 3. The van der Waals surface area contributed by atoms with E-state index in [1.165, 1.54) is 7.11 Å². The first-order valence-corrected chi connectivity index (χ1v) is 8.48. The Labute approximate surface area is 143 Å². The first kappa shape index (κ1) is 16.0. The van der Waals surface area contributed by atoms with Gasteiger partial charge in [0.2, 0.25) is 0 Å². The first-order valence-electron chi connectivity index (χ1n) is 7.69. The molecular weight excluding hydrogens is 358 g/mol. The van der Waals surface area contributed by atoms with Crippen LogP contribution in [0.4, 0.5) is 0 Å². The third-order valence-electron chi connectivity index (χ3n) is 4.26. The summed E-state index contributed by atoms with van der Waals surface area (Å²) in [6.45, 7) is 0.669. The quantitative estimate of drug-likeness (QED) is 0.773. The van der Waals surface area contributed by atoms with Crippen LogP contribution >= 0.6 is 15.9 Å². The van der Waals surface area contributed by atoms with E-state index in [2.05, 4.69) is 15.9 Å². The van der Waals surface area contributed by atoms with Crippen molar-refractivity contribution in [1.82, 2.24) is 4.57 Å². The van der Waals surface area contributed by atoms with Crippen molar-refractivity contribution in [3.63, 3.8) is 0 Å². The van der Waals surface area contributed by atoms with Gasteiger partial charge in [0, 0.05) is 28.7 Å². The van der Waals surface area contributed by atoms with Gasteiger partial charge >= 0.3 is 5.97 Å². The van der Waals surface area contributed by atoms with E-state index in [0.29, 0.717) is 24.1 Å². The summed E-state index contributed by atoms with van der Waals surface area (Å²) < 4.78 is 7.62. The molecule has 1 aliphatic heterocycles. The highest BCUT2D eigenvalue weighted by Gasteiger charge is 2.22. The molecule has 5 heteroatoms. The van der Waals surface area contributed by atoms with Crippen LogP contribution in [0, 0.1) is 0 Å². The highest BCUT2D eigenvalue weighted by molar-refractivity contribution is 9.10. The van der Waals surface area contributed by atoms with E-state index in [0.717, 1.165) is 35.0 Å². The van der Waals surface area contributed by atoms with Crippen molar-refractivity contribution >= 4 is 21.9 Å². The van der Waals surface area contributed by atoms with E-state index in [1.54, 1.807) is 10.6 Å². The van der Waals surface area contributed by atoms with Crippen molar-refractivity contribution in [2.75, 3.05) is 7.11 Å². The number of aromatic nitrogens is 1. The summed E-state index contributed by atoms with van der Waals surface area (Å²) in [6, 6.07) is 9.52. The minimum atomic E-state index is -0.371. The van der Waals surface area contributed by atoms with Crippen molar-refractivity contribution in [3.05, 3.63) is 67.5 Å². The lowest BCUT2D eigenvalue weighted by Gasteiger charge is -2.22. The molecule has 2 aromatic rings. The van der Waals surface area contributed by atoms with Gasteiger partial charge in [-0.05, 0) is 37.0 Å². The summed E-state index contributed by atoms with van der Waals surface area (Å²) in [5, 5.41) is 0. The number of pyridine rings is 1. The van der Waals surface area contributed by atoms with Crippen molar-refractivity contribution in [3.8, 4) is 0 Å². The number of methoxy groups -OCH3 is 1. The maximum Gasteiger partial charge on any atom is 0.339 e. The topological polar surface area (TPSA) is 48.3 Å². The molecule has 4 nitrogen and oxygen atoms in total. The van der Waals surface area contributed by atoms with Crippen LogP contribution in [0.25, 0.3) is 0 Å². The van der Waals surface area contributed by atoms with Crippen molar-refractivity contribution in [1.29, 1.82) is 0 Å². The third kappa shape index (κ3) is 3.11. The zero-order chi connectivity index (χ0) is 16.4. The molecule has 3 rings (SSSR count). The summed E-state index contributed by atoms with van der Waals surface area (Å²) in [7, 11) is 1.38. The molecule has 1 aliphatic rings. The van der Waals surface area contributed by atoms with Crippen LogP contribution in [0.2, 0.25) is 0 Å². The predicted molar refractivity (Wildman–Crippen MR) is 91.9 cm³/mol. The standard InChI is InChI=1S/C18H18BrNO3/c1-23-18(22)14-11-13(10-12-6-2-3-7-15(12)19)17(21)20-9-5-4-8-16(14)20/h2-3,6-7,11H,4-5,8-10H2,1H3. The van der Waals surface area contributed by atoms with Gasteiger partial charge in [-0.3, -0.25) is 4.79 Å². The van der Waals surface area contributed by atoms with E-state index in [4.69, 9.17) is 4.74 Å². The number of esters is 1. The smallest absolute Gasteiger partial charge is 0.339 e. The Morgan fingerprint density at radius 1 is 1.26 bits per heavy atom. The number of hydrogen-bond donors (Lipinski definition) is 0. The molecule has 0 fully saturated rings. The van der Waals surface area contributed by atoms with E-state index in [9.17, 15) is 9.59 Å². The Balaban J connectivity index is 2.12. The minimum Gasteiger partial charge on any atom is -0.465 e. The zero-order valence-electron chi connectivity index (χ0n) is 13.0. The average Bonchev–Trinajstić information content (AvgIpc) is 2.58. The molecule has 0 saturated carbocycles. The minimum absolute atomic E-state index is 0.00288. The largest absolute Gasteiger partial charge is 0.465 e. The molecule has 0 saturated heterocycles. The number of ether oxygens (including phenoxy) is 1. The van der Waals surface area contributed by atoms with Crippen molar-refractivity contribution < 1.29 is 9.53 Å². The lowest BCUT2D eigenvalue weighted by molar-refractivity contribution is 0.0597. The fourth-order valence-electron chi connectivity index (χ4n) is 3.09. The van der Waals surface area contributed by atoms with Gasteiger partial charge in [0.05, 0.1) is 12.7 Å². The molecule has 23 heavy (non-hydrogen) atoms. The summed E-state index contributed by atoms with van der Waals surface area (Å²) in [4.78, 5) is 24.9. The van der Waals surface area contributed by atoms with Crippen LogP contribution < -0.4 is 5.56 Å². The van der Waals surface area contributed by atoms with E-state index < -0.39 is 0 Å². The van der Waals surface area contributed by atoms with Gasteiger partial charge in [-0.15, -0.1) is 0 Å². The van der Waals surface area contributed by atoms with Crippen molar-refractivity contribution in [2.24, 2.45) is 0 Å². The fourth-order valence-corrected chi connectivity index (χ4v) is 3.51. The monoisotopic (exact) mass is 375 g/mol. The second-order valence-electron chi connectivity index (χ2n) is 5.70. The molecule has 0 spiro atoms. The Hall–Kier alpha value is -1.88. The van der Waals surface area contributed by atoms with Crippen molar-refractivity contribution in [2.45, 2.75) is 32.2 Å². The fraction of sp³-hybridized carbons (Fsp3) is 0.333. The third-order valence-corrected chi connectivity index (χ3v) is 5.04. The maximum absolute atomic E-state index is 12.8. The Morgan fingerprint density at radius 3 is 2.78 bits per heavy atom. The number of carbonyl (C=O) groups excluding carboxylic acids is 1. The predicted octanol–water partition coefficient (Wildman–Crippen LogP) is 3.32. The van der Waals surface area contributed by atoms with Gasteiger partial charge < -0.3 is 9.30 Å². The lowest BCUT2D eigenvalue weighted by Crippen LogP contribution is -2.32. The Morgan fingerprint density at radius 2 is 2.04 bits per heavy atom. The normalized spacial score (nSPS) is 13.5. The number of fused-ring (bicyclic) bond motifs is 1. The highest BCUT2D eigenvalue weighted by Crippen LogP contribution is 2.22. The number of halogens is 1. The van der Waals surface area contributed by atoms with Crippen LogP contribution in [-0.4, -0.2) is 17.6 Å². The van der Waals surface area contributed by atoms with Crippen LogP contribution in [0.1, 0.15) is 40.0 Å². The lowest BCUT2D eigenvalue weighted by atomic mass is 9.98. The molecule has 0 N–H and O–H groups in total. The van der Waals surface area contributed by atoms with E-state index in [-0.39, 0.29) is 11.5 Å². The Bertz CT molecular complexity index is 810. The summed E-state index contributed by atoms with van der Waals surface area (Å²) in [6.07, 6.45) is 3.19. The second kappa shape index (κ2) is 6.71. The molecular formula is C18H18BrNO3. The van der Waals surface area contributed by atoms with Gasteiger partial charge in [0.15, 0.2) is 0 Å². The summed E-state index contributed by atoms with van der Waals surface area (Å²) in [5.74, 6) is -0.371. The average molecular weight is 376 g/mol. The molecule has 120 valence electrons. The number of benzene rings is 1. The van der Waals surface area contributed by atoms with Crippen LogP contribution in [-0.2, 0) is 24.1 Å². The molecule has 0 radical (unpaired) electrons. The van der Waals surface area contributed by atoms with Gasteiger partial charge in [-0.25, -0.2) is 4.79 Å². The molecule has 2 heterocycles. The summed E-state index contributed by atoms with van der Waals surface area (Å²) in [5.41, 5.74) is 2.99. The van der Waals surface area contributed by atoms with Gasteiger partial charge in [0.1, 0.15) is 0 Å². The molecule has 1 aromatic heterocycles. The van der Waals surface area contributed by atoms with Gasteiger partial charge in [0.25, 0.3) is 5.56 Å². The van der Waals surface area contributed by atoms with Crippen LogP contribution in [0.15, 0.2) is 39.6 Å².